The van der Waals surface area contributed by atoms with Gasteiger partial charge in [-0.05, 0) is 43.2 Å². The Morgan fingerprint density at radius 1 is 1.25 bits per heavy atom. The van der Waals surface area contributed by atoms with Crippen LogP contribution in [0.25, 0.3) is 16.6 Å². The minimum Gasteiger partial charge on any atom is -0.344 e. The first-order valence-electron chi connectivity index (χ1n) is 9.04. The zero-order chi connectivity index (χ0) is 20.1. The summed E-state index contributed by atoms with van der Waals surface area (Å²) >= 11 is 1.23. The van der Waals surface area contributed by atoms with Crippen molar-refractivity contribution in [3.8, 4) is 18.0 Å². The van der Waals surface area contributed by atoms with E-state index in [9.17, 15) is 9.59 Å². The average molecular weight is 391 g/mol. The maximum atomic E-state index is 13.2. The lowest BCUT2D eigenvalue weighted by Crippen LogP contribution is -2.32. The number of carbonyl (C=O) groups excluding carboxylic acids is 1. The number of amides is 1. The molecule has 1 N–H and O–H groups in total. The Balaban J connectivity index is 2.10. The van der Waals surface area contributed by atoms with Crippen LogP contribution in [0.15, 0.2) is 58.5 Å². The maximum Gasteiger partial charge on any atom is 0.266 e. The predicted octanol–water partition coefficient (Wildman–Crippen LogP) is 3.18. The Labute approximate surface area is 168 Å². The molecule has 0 fully saturated rings. The third-order valence-corrected chi connectivity index (χ3v) is 5.42. The molecule has 6 heteroatoms. The third-order valence-electron chi connectivity index (χ3n) is 4.36. The van der Waals surface area contributed by atoms with Crippen LogP contribution < -0.4 is 10.9 Å². The van der Waals surface area contributed by atoms with Gasteiger partial charge in [-0.3, -0.25) is 14.2 Å². The summed E-state index contributed by atoms with van der Waals surface area (Å²) in [6.45, 7) is 4.01. The van der Waals surface area contributed by atoms with E-state index in [-0.39, 0.29) is 18.0 Å². The molecule has 28 heavy (non-hydrogen) atoms. The molecule has 3 rings (SSSR count). The molecular weight excluding hydrogens is 370 g/mol. The molecule has 1 unspecified atom stereocenters. The van der Waals surface area contributed by atoms with Crippen molar-refractivity contribution < 1.29 is 4.79 Å². The van der Waals surface area contributed by atoms with Crippen molar-refractivity contribution in [1.82, 2.24) is 14.9 Å². The Morgan fingerprint density at radius 3 is 2.64 bits per heavy atom. The number of carbonyl (C=O) groups is 1. The van der Waals surface area contributed by atoms with Crippen molar-refractivity contribution in [2.45, 2.75) is 30.7 Å². The second-order valence-corrected chi connectivity index (χ2v) is 7.56. The van der Waals surface area contributed by atoms with Crippen molar-refractivity contribution in [2.75, 3.05) is 6.54 Å². The van der Waals surface area contributed by atoms with Crippen molar-refractivity contribution >= 4 is 28.6 Å². The van der Waals surface area contributed by atoms with Gasteiger partial charge >= 0.3 is 0 Å². The molecule has 0 aliphatic heterocycles. The van der Waals surface area contributed by atoms with E-state index in [0.717, 1.165) is 12.1 Å². The maximum absolute atomic E-state index is 13.2. The van der Waals surface area contributed by atoms with E-state index in [0.29, 0.717) is 16.1 Å². The number of aromatic nitrogens is 2. The topological polar surface area (TPSA) is 64.0 Å². The number of hydrogen-bond donors (Lipinski definition) is 1. The number of nitrogens with zero attached hydrogens (tertiary/aromatic N) is 2. The first kappa shape index (κ1) is 19.7. The van der Waals surface area contributed by atoms with Gasteiger partial charge in [0.15, 0.2) is 5.16 Å². The number of aryl methyl sites for hydroxylation is 1. The van der Waals surface area contributed by atoms with Gasteiger partial charge in [0.1, 0.15) is 0 Å². The van der Waals surface area contributed by atoms with Crippen molar-refractivity contribution in [1.29, 1.82) is 0 Å². The van der Waals surface area contributed by atoms with E-state index >= 15 is 0 Å². The van der Waals surface area contributed by atoms with Crippen LogP contribution in [0.3, 0.4) is 0 Å². The number of hydrogen-bond acceptors (Lipinski definition) is 4. The summed E-state index contributed by atoms with van der Waals surface area (Å²) < 4.78 is 1.57. The summed E-state index contributed by atoms with van der Waals surface area (Å²) in [4.78, 5) is 30.1. The summed E-state index contributed by atoms with van der Waals surface area (Å²) in [6.07, 6.45) is 6.12. The highest BCUT2D eigenvalue weighted by molar-refractivity contribution is 8.00. The Morgan fingerprint density at radius 2 is 1.96 bits per heavy atom. The molecule has 0 bridgehead atoms. The SMILES string of the molecule is C#CCNC(=O)C(C)Sc1nc2ccccc2c(=O)n1-c1ccc(CC)cc1. The zero-order valence-electron chi connectivity index (χ0n) is 15.8. The molecule has 0 aliphatic carbocycles. The number of benzene rings is 2. The first-order valence-corrected chi connectivity index (χ1v) is 9.92. The largest absolute Gasteiger partial charge is 0.344 e. The molecule has 1 heterocycles. The smallest absolute Gasteiger partial charge is 0.266 e. The lowest BCUT2D eigenvalue weighted by Gasteiger charge is -2.16. The molecular formula is C22H21N3O2S. The third kappa shape index (κ3) is 4.10. The number of terminal acetylenes is 1. The second-order valence-electron chi connectivity index (χ2n) is 6.25. The number of nitrogens with one attached hydrogen (secondary N) is 1. The number of para-hydroxylation sites is 1. The Kier molecular flexibility index (Phi) is 6.17. The molecule has 1 aromatic heterocycles. The lowest BCUT2D eigenvalue weighted by molar-refractivity contribution is -0.120. The summed E-state index contributed by atoms with van der Waals surface area (Å²) in [7, 11) is 0. The molecule has 3 aromatic rings. The van der Waals surface area contributed by atoms with E-state index in [1.165, 1.54) is 17.3 Å². The highest BCUT2D eigenvalue weighted by atomic mass is 32.2. The second kappa shape index (κ2) is 8.77. The molecule has 0 radical (unpaired) electrons. The van der Waals surface area contributed by atoms with Gasteiger partial charge in [0.2, 0.25) is 5.91 Å². The van der Waals surface area contributed by atoms with Crippen LogP contribution >= 0.6 is 11.8 Å². The van der Waals surface area contributed by atoms with Crippen LogP contribution in [-0.4, -0.2) is 27.3 Å². The fraction of sp³-hybridized carbons (Fsp3) is 0.227. The quantitative estimate of drug-likeness (QED) is 0.398. The lowest BCUT2D eigenvalue weighted by atomic mass is 10.1. The van der Waals surface area contributed by atoms with Gasteiger partial charge in [-0.25, -0.2) is 4.98 Å². The Hall–Kier alpha value is -3.04. The molecule has 0 saturated heterocycles. The van der Waals surface area contributed by atoms with E-state index < -0.39 is 5.25 Å². The Bertz CT molecular complexity index is 1100. The molecule has 1 atom stereocenters. The van der Waals surface area contributed by atoms with Crippen molar-refractivity contribution in [3.05, 3.63) is 64.4 Å². The molecule has 1 amide bonds. The van der Waals surface area contributed by atoms with E-state index in [1.807, 2.05) is 36.4 Å². The van der Waals surface area contributed by atoms with Gasteiger partial charge in [0.25, 0.3) is 5.56 Å². The fourth-order valence-electron chi connectivity index (χ4n) is 2.79. The van der Waals surface area contributed by atoms with Crippen LogP contribution in [0, 0.1) is 12.3 Å². The van der Waals surface area contributed by atoms with Gasteiger partial charge in [-0.15, -0.1) is 6.42 Å². The van der Waals surface area contributed by atoms with Gasteiger partial charge in [0, 0.05) is 0 Å². The summed E-state index contributed by atoms with van der Waals surface area (Å²) in [5, 5.41) is 3.22. The van der Waals surface area contributed by atoms with Crippen LogP contribution in [0.4, 0.5) is 0 Å². The highest BCUT2D eigenvalue weighted by Gasteiger charge is 2.20. The fourth-order valence-corrected chi connectivity index (χ4v) is 3.74. The van der Waals surface area contributed by atoms with Crippen LogP contribution in [0.5, 0.6) is 0 Å². The molecule has 0 aliphatic rings. The van der Waals surface area contributed by atoms with Gasteiger partial charge < -0.3 is 5.32 Å². The average Bonchev–Trinajstić information content (AvgIpc) is 2.72. The highest BCUT2D eigenvalue weighted by Crippen LogP contribution is 2.25. The van der Waals surface area contributed by atoms with Gasteiger partial charge in [-0.1, -0.05) is 48.9 Å². The molecule has 0 spiro atoms. The number of thioether (sulfide) groups is 1. The summed E-state index contributed by atoms with van der Waals surface area (Å²) in [5.74, 6) is 2.19. The van der Waals surface area contributed by atoms with Crippen LogP contribution in [0.2, 0.25) is 0 Å². The van der Waals surface area contributed by atoms with E-state index in [2.05, 4.69) is 23.1 Å². The predicted molar refractivity (Wildman–Crippen MR) is 114 cm³/mol. The molecule has 2 aromatic carbocycles. The van der Waals surface area contributed by atoms with Crippen LogP contribution in [-0.2, 0) is 11.2 Å². The van der Waals surface area contributed by atoms with Crippen molar-refractivity contribution in [2.24, 2.45) is 0 Å². The molecule has 5 nitrogen and oxygen atoms in total. The minimum atomic E-state index is -0.456. The summed E-state index contributed by atoms with van der Waals surface area (Å²) in [6, 6.07) is 15.0. The van der Waals surface area contributed by atoms with Crippen LogP contribution in [0.1, 0.15) is 19.4 Å². The van der Waals surface area contributed by atoms with E-state index in [4.69, 9.17) is 6.42 Å². The minimum absolute atomic E-state index is 0.159. The standard InChI is InChI=1S/C22H21N3O2S/c1-4-14-23-20(26)15(3)28-22-24-19-9-7-6-8-18(19)21(27)25(22)17-12-10-16(5-2)11-13-17/h1,6-13,15H,5,14H2,2-3H3,(H,23,26). The summed E-state index contributed by atoms with van der Waals surface area (Å²) in [5.41, 5.74) is 2.35. The number of rotatable bonds is 6. The molecule has 0 saturated carbocycles. The van der Waals surface area contributed by atoms with Crippen molar-refractivity contribution in [3.63, 3.8) is 0 Å². The molecule has 142 valence electrons. The van der Waals surface area contributed by atoms with E-state index in [1.54, 1.807) is 23.6 Å². The first-order chi connectivity index (χ1) is 13.5. The van der Waals surface area contributed by atoms with Gasteiger partial charge in [0.05, 0.1) is 28.4 Å². The normalized spacial score (nSPS) is 11.8. The number of fused-ring (bicyclic) bond motifs is 1. The monoisotopic (exact) mass is 391 g/mol. The zero-order valence-corrected chi connectivity index (χ0v) is 16.6. The van der Waals surface area contributed by atoms with Gasteiger partial charge in [-0.2, -0.15) is 0 Å².